The Morgan fingerprint density at radius 3 is 2.62 bits per heavy atom. The van der Waals surface area contributed by atoms with Crippen LogP contribution in [-0.2, 0) is 4.79 Å². The van der Waals surface area contributed by atoms with Gasteiger partial charge in [-0.2, -0.15) is 0 Å². The van der Waals surface area contributed by atoms with Crippen LogP contribution in [0.1, 0.15) is 36.0 Å². The number of carbonyl (C=O) groups is 2. The van der Waals surface area contributed by atoms with Gasteiger partial charge in [0.25, 0.3) is 5.91 Å². The minimum absolute atomic E-state index is 0.0497. The lowest BCUT2D eigenvalue weighted by Gasteiger charge is -2.32. The van der Waals surface area contributed by atoms with E-state index in [0.717, 1.165) is 25.7 Å². The van der Waals surface area contributed by atoms with Crippen LogP contribution in [-0.4, -0.2) is 48.1 Å². The largest absolute Gasteiger partial charge is 0.396 e. The third-order valence-corrected chi connectivity index (χ3v) is 5.10. The number of halogens is 1. The van der Waals surface area contributed by atoms with Gasteiger partial charge in [-0.1, -0.05) is 0 Å². The lowest BCUT2D eigenvalue weighted by Crippen LogP contribution is -2.46. The molecule has 24 heavy (non-hydrogen) atoms. The summed E-state index contributed by atoms with van der Waals surface area (Å²) in [5, 5.41) is 12.2. The van der Waals surface area contributed by atoms with Gasteiger partial charge in [-0.3, -0.25) is 9.59 Å². The van der Waals surface area contributed by atoms with E-state index in [1.807, 2.05) is 0 Å². The number of amides is 2. The van der Waals surface area contributed by atoms with Crippen molar-refractivity contribution in [3.05, 3.63) is 35.6 Å². The van der Waals surface area contributed by atoms with E-state index in [-0.39, 0.29) is 35.6 Å². The Hall–Kier alpha value is -1.95. The van der Waals surface area contributed by atoms with Crippen LogP contribution in [0.5, 0.6) is 0 Å². The van der Waals surface area contributed by atoms with Gasteiger partial charge < -0.3 is 15.3 Å². The Kier molecular flexibility index (Phi) is 4.85. The molecule has 1 unspecified atom stereocenters. The van der Waals surface area contributed by atoms with E-state index in [9.17, 15) is 19.1 Å². The number of aliphatic hydroxyl groups excluding tert-OH is 1. The zero-order valence-corrected chi connectivity index (χ0v) is 13.6. The van der Waals surface area contributed by atoms with Gasteiger partial charge in [0.05, 0.1) is 12.5 Å². The zero-order chi connectivity index (χ0) is 17.2. The minimum atomic E-state index is -0.375. The molecule has 2 fully saturated rings. The maximum Gasteiger partial charge on any atom is 0.253 e. The van der Waals surface area contributed by atoms with E-state index in [1.54, 1.807) is 4.90 Å². The molecule has 2 amide bonds. The van der Waals surface area contributed by atoms with E-state index in [0.29, 0.717) is 25.2 Å². The third-order valence-electron chi connectivity index (χ3n) is 5.10. The molecule has 2 aliphatic rings. The van der Waals surface area contributed by atoms with Crippen molar-refractivity contribution in [1.82, 2.24) is 10.2 Å². The van der Waals surface area contributed by atoms with Crippen molar-refractivity contribution in [2.75, 3.05) is 26.2 Å². The second-order valence-corrected chi connectivity index (χ2v) is 6.97. The summed E-state index contributed by atoms with van der Waals surface area (Å²) in [5.41, 5.74) is 0.322. The van der Waals surface area contributed by atoms with Crippen LogP contribution < -0.4 is 5.32 Å². The minimum Gasteiger partial charge on any atom is -0.396 e. The van der Waals surface area contributed by atoms with Gasteiger partial charge >= 0.3 is 0 Å². The first kappa shape index (κ1) is 16.9. The summed E-state index contributed by atoms with van der Waals surface area (Å²) >= 11 is 0. The number of hydrogen-bond acceptors (Lipinski definition) is 3. The molecule has 1 saturated carbocycles. The van der Waals surface area contributed by atoms with Gasteiger partial charge in [-0.15, -0.1) is 0 Å². The maximum atomic E-state index is 13.0. The van der Waals surface area contributed by atoms with Crippen LogP contribution in [0.25, 0.3) is 0 Å². The summed E-state index contributed by atoms with van der Waals surface area (Å²) in [4.78, 5) is 26.5. The summed E-state index contributed by atoms with van der Waals surface area (Å²) in [5.74, 6) is -0.814. The molecule has 1 saturated heterocycles. The number of carbonyl (C=O) groups excluding carboxylic acids is 2. The van der Waals surface area contributed by atoms with E-state index in [2.05, 4.69) is 5.32 Å². The molecule has 6 heteroatoms. The maximum absolute atomic E-state index is 13.0. The summed E-state index contributed by atoms with van der Waals surface area (Å²) in [7, 11) is 0. The van der Waals surface area contributed by atoms with Crippen molar-refractivity contribution < 1.29 is 19.1 Å². The van der Waals surface area contributed by atoms with Gasteiger partial charge in [-0.25, -0.2) is 4.39 Å². The molecule has 0 aromatic heterocycles. The first-order valence-corrected chi connectivity index (χ1v) is 8.46. The molecule has 130 valence electrons. The van der Waals surface area contributed by atoms with Gasteiger partial charge in [0.15, 0.2) is 0 Å². The molecule has 0 spiro atoms. The summed E-state index contributed by atoms with van der Waals surface area (Å²) < 4.78 is 13.0. The molecule has 1 aliphatic carbocycles. The van der Waals surface area contributed by atoms with Crippen molar-refractivity contribution in [2.45, 2.75) is 25.7 Å². The molecule has 1 aromatic rings. The highest BCUT2D eigenvalue weighted by atomic mass is 19.1. The van der Waals surface area contributed by atoms with Crippen molar-refractivity contribution in [3.63, 3.8) is 0 Å². The van der Waals surface area contributed by atoms with Crippen molar-refractivity contribution in [2.24, 2.45) is 11.3 Å². The number of likely N-dealkylation sites (tertiary alicyclic amines) is 1. The SMILES string of the molecule is O=C(NCC1(CO)CC1)C1CCCN(C(=O)c2ccc(F)cc2)C1. The van der Waals surface area contributed by atoms with E-state index in [4.69, 9.17) is 0 Å². The highest BCUT2D eigenvalue weighted by Gasteiger charge is 2.42. The Morgan fingerprint density at radius 1 is 1.29 bits per heavy atom. The molecule has 1 heterocycles. The first-order valence-electron chi connectivity index (χ1n) is 8.46. The van der Waals surface area contributed by atoms with Crippen LogP contribution in [0.4, 0.5) is 4.39 Å². The number of nitrogens with one attached hydrogen (secondary N) is 1. The van der Waals surface area contributed by atoms with E-state index >= 15 is 0 Å². The molecule has 0 radical (unpaired) electrons. The van der Waals surface area contributed by atoms with E-state index < -0.39 is 0 Å². The number of rotatable bonds is 5. The van der Waals surface area contributed by atoms with Crippen molar-refractivity contribution >= 4 is 11.8 Å². The fraction of sp³-hybridized carbons (Fsp3) is 0.556. The second kappa shape index (κ2) is 6.89. The number of benzene rings is 1. The third kappa shape index (κ3) is 3.75. The summed E-state index contributed by atoms with van der Waals surface area (Å²) in [6.07, 6.45) is 3.43. The number of piperidine rings is 1. The van der Waals surface area contributed by atoms with Crippen molar-refractivity contribution in [1.29, 1.82) is 0 Å². The molecule has 0 bridgehead atoms. The smallest absolute Gasteiger partial charge is 0.253 e. The number of aliphatic hydroxyl groups is 1. The quantitative estimate of drug-likeness (QED) is 0.859. The summed E-state index contributed by atoms with van der Waals surface area (Å²) in [6, 6.07) is 5.48. The topological polar surface area (TPSA) is 69.6 Å². The van der Waals surface area contributed by atoms with Gasteiger partial charge in [-0.05, 0) is 49.9 Å². The average molecular weight is 334 g/mol. The van der Waals surface area contributed by atoms with Gasteiger partial charge in [0.1, 0.15) is 5.82 Å². The Bertz CT molecular complexity index is 613. The van der Waals surface area contributed by atoms with Gasteiger partial charge in [0, 0.05) is 30.6 Å². The lowest BCUT2D eigenvalue weighted by molar-refractivity contribution is -0.126. The molecular formula is C18H23FN2O3. The highest BCUT2D eigenvalue weighted by Crippen LogP contribution is 2.44. The van der Waals surface area contributed by atoms with Crippen LogP contribution in [0.3, 0.4) is 0 Å². The molecule has 5 nitrogen and oxygen atoms in total. The Balaban J connectivity index is 1.56. The predicted octanol–water partition coefficient (Wildman–Crippen LogP) is 1.57. The molecular weight excluding hydrogens is 311 g/mol. The highest BCUT2D eigenvalue weighted by molar-refractivity contribution is 5.94. The van der Waals surface area contributed by atoms with Crippen molar-refractivity contribution in [3.8, 4) is 0 Å². The zero-order valence-electron chi connectivity index (χ0n) is 13.6. The van der Waals surface area contributed by atoms with E-state index in [1.165, 1.54) is 24.3 Å². The van der Waals surface area contributed by atoms with Gasteiger partial charge in [0.2, 0.25) is 5.91 Å². The second-order valence-electron chi connectivity index (χ2n) is 6.97. The van der Waals surface area contributed by atoms with Crippen LogP contribution >= 0.6 is 0 Å². The van der Waals surface area contributed by atoms with Crippen LogP contribution in [0, 0.1) is 17.2 Å². The first-order chi connectivity index (χ1) is 11.5. The average Bonchev–Trinajstić information content (AvgIpc) is 3.40. The fourth-order valence-corrected chi connectivity index (χ4v) is 3.14. The Labute approximate surface area is 140 Å². The summed E-state index contributed by atoms with van der Waals surface area (Å²) in [6.45, 7) is 1.60. The normalized spacial score (nSPS) is 22.1. The molecule has 1 aromatic carbocycles. The monoisotopic (exact) mass is 334 g/mol. The lowest BCUT2D eigenvalue weighted by atomic mass is 9.96. The fourth-order valence-electron chi connectivity index (χ4n) is 3.14. The van der Waals surface area contributed by atoms with Crippen LogP contribution in [0.15, 0.2) is 24.3 Å². The predicted molar refractivity (Wildman–Crippen MR) is 86.8 cm³/mol. The molecule has 3 rings (SSSR count). The Morgan fingerprint density at radius 2 is 2.00 bits per heavy atom. The molecule has 1 atom stereocenters. The van der Waals surface area contributed by atoms with Crippen LogP contribution in [0.2, 0.25) is 0 Å². The standard InChI is InChI=1S/C18H23FN2O3/c19-15-5-3-13(4-6-15)17(24)21-9-1-2-14(10-21)16(23)20-11-18(12-22)7-8-18/h3-6,14,22H,1-2,7-12H2,(H,20,23). The number of nitrogens with zero attached hydrogens (tertiary/aromatic N) is 1. The molecule has 2 N–H and O–H groups in total. The molecule has 1 aliphatic heterocycles. The number of hydrogen-bond donors (Lipinski definition) is 2.